The maximum atomic E-state index is 11.2. The second-order valence-electron chi connectivity index (χ2n) is 5.20. The standard InChI is InChI=1S/C16H15ClN2O3/c1-22-14-4-2-12-10-18(7-6-11(12)8-14)15-5-3-13(17)9-16(15)19(20)21/h2-5,8-9H,6-7,10H2,1H3. The first-order valence-corrected chi connectivity index (χ1v) is 7.31. The first kappa shape index (κ1) is 14.7. The first-order chi connectivity index (χ1) is 10.6. The average Bonchev–Trinajstić information content (AvgIpc) is 2.53. The van der Waals surface area contributed by atoms with E-state index < -0.39 is 0 Å². The van der Waals surface area contributed by atoms with Gasteiger partial charge in [-0.1, -0.05) is 17.7 Å². The number of anilines is 1. The zero-order chi connectivity index (χ0) is 15.7. The molecule has 1 heterocycles. The summed E-state index contributed by atoms with van der Waals surface area (Å²) in [5, 5.41) is 11.6. The average molecular weight is 319 g/mol. The van der Waals surface area contributed by atoms with Gasteiger partial charge in [0, 0.05) is 24.2 Å². The maximum absolute atomic E-state index is 11.2. The van der Waals surface area contributed by atoms with Crippen LogP contribution < -0.4 is 9.64 Å². The van der Waals surface area contributed by atoms with Crippen LogP contribution in [0.3, 0.4) is 0 Å². The van der Waals surface area contributed by atoms with Crippen LogP contribution in [0.1, 0.15) is 11.1 Å². The molecule has 5 nitrogen and oxygen atoms in total. The van der Waals surface area contributed by atoms with Gasteiger partial charge in [0.15, 0.2) is 0 Å². The Kier molecular flexibility index (Phi) is 3.90. The third-order valence-electron chi connectivity index (χ3n) is 3.90. The molecule has 1 aliphatic rings. The van der Waals surface area contributed by atoms with Gasteiger partial charge in [-0.25, -0.2) is 0 Å². The molecule has 0 unspecified atom stereocenters. The highest BCUT2D eigenvalue weighted by Gasteiger charge is 2.24. The van der Waals surface area contributed by atoms with Crippen molar-refractivity contribution < 1.29 is 9.66 Å². The molecule has 6 heteroatoms. The topological polar surface area (TPSA) is 55.6 Å². The highest BCUT2D eigenvalue weighted by atomic mass is 35.5. The molecule has 2 aromatic carbocycles. The lowest BCUT2D eigenvalue weighted by molar-refractivity contribution is -0.384. The monoisotopic (exact) mass is 318 g/mol. The summed E-state index contributed by atoms with van der Waals surface area (Å²) in [4.78, 5) is 12.9. The molecule has 0 N–H and O–H groups in total. The molecule has 0 spiro atoms. The van der Waals surface area contributed by atoms with Crippen molar-refractivity contribution in [1.82, 2.24) is 0 Å². The molecule has 0 amide bonds. The van der Waals surface area contributed by atoms with Crippen LogP contribution in [0.25, 0.3) is 0 Å². The summed E-state index contributed by atoms with van der Waals surface area (Å²) < 4.78 is 5.24. The number of nitro benzene ring substituents is 1. The number of rotatable bonds is 3. The van der Waals surface area contributed by atoms with Gasteiger partial charge in [0.25, 0.3) is 5.69 Å². The zero-order valence-corrected chi connectivity index (χ0v) is 12.8. The number of hydrogen-bond acceptors (Lipinski definition) is 4. The van der Waals surface area contributed by atoms with Crippen LogP contribution in [-0.2, 0) is 13.0 Å². The van der Waals surface area contributed by atoms with Gasteiger partial charge in [-0.15, -0.1) is 0 Å². The number of nitrogens with zero attached hydrogens (tertiary/aromatic N) is 2. The summed E-state index contributed by atoms with van der Waals surface area (Å²) in [6.07, 6.45) is 0.826. The molecule has 0 aliphatic carbocycles. The van der Waals surface area contributed by atoms with Gasteiger partial charge < -0.3 is 9.64 Å². The summed E-state index contributed by atoms with van der Waals surface area (Å²) in [6.45, 7) is 1.37. The van der Waals surface area contributed by atoms with Crippen molar-refractivity contribution >= 4 is 23.0 Å². The smallest absolute Gasteiger partial charge is 0.294 e. The Balaban J connectivity index is 1.93. The van der Waals surface area contributed by atoms with E-state index in [1.807, 2.05) is 23.1 Å². The van der Waals surface area contributed by atoms with Crippen molar-refractivity contribution in [1.29, 1.82) is 0 Å². The van der Waals surface area contributed by atoms with Crippen molar-refractivity contribution in [2.75, 3.05) is 18.6 Å². The van der Waals surface area contributed by atoms with Crippen LogP contribution in [0, 0.1) is 10.1 Å². The van der Waals surface area contributed by atoms with E-state index in [1.54, 1.807) is 19.2 Å². The van der Waals surface area contributed by atoms with E-state index in [4.69, 9.17) is 16.3 Å². The molecular formula is C16H15ClN2O3. The van der Waals surface area contributed by atoms with E-state index in [9.17, 15) is 10.1 Å². The summed E-state index contributed by atoms with van der Waals surface area (Å²) >= 11 is 5.88. The fourth-order valence-electron chi connectivity index (χ4n) is 2.77. The number of fused-ring (bicyclic) bond motifs is 1. The molecule has 1 aliphatic heterocycles. The molecule has 0 aromatic heterocycles. The molecule has 0 saturated carbocycles. The summed E-state index contributed by atoms with van der Waals surface area (Å²) in [7, 11) is 1.65. The Morgan fingerprint density at radius 2 is 2.05 bits per heavy atom. The molecule has 0 fully saturated rings. The van der Waals surface area contributed by atoms with Crippen LogP contribution in [0.2, 0.25) is 5.02 Å². The van der Waals surface area contributed by atoms with E-state index in [2.05, 4.69) is 0 Å². The Hall–Kier alpha value is -2.27. The predicted molar refractivity (Wildman–Crippen MR) is 85.9 cm³/mol. The van der Waals surface area contributed by atoms with E-state index in [-0.39, 0.29) is 10.6 Å². The van der Waals surface area contributed by atoms with Crippen molar-refractivity contribution in [2.45, 2.75) is 13.0 Å². The van der Waals surface area contributed by atoms with Gasteiger partial charge in [-0.05, 0) is 41.8 Å². The van der Waals surface area contributed by atoms with Gasteiger partial charge in [-0.2, -0.15) is 0 Å². The summed E-state index contributed by atoms with van der Waals surface area (Å²) in [5.74, 6) is 0.838. The highest BCUT2D eigenvalue weighted by molar-refractivity contribution is 6.30. The van der Waals surface area contributed by atoms with Gasteiger partial charge in [-0.3, -0.25) is 10.1 Å². The number of ether oxygens (including phenoxy) is 1. The van der Waals surface area contributed by atoms with Crippen molar-refractivity contribution in [3.05, 3.63) is 62.7 Å². The molecule has 0 atom stereocenters. The molecule has 3 rings (SSSR count). The third-order valence-corrected chi connectivity index (χ3v) is 4.14. The third kappa shape index (κ3) is 2.72. The second kappa shape index (κ2) is 5.85. The predicted octanol–water partition coefficient (Wildman–Crippen LogP) is 3.82. The van der Waals surface area contributed by atoms with Crippen LogP contribution in [0.5, 0.6) is 5.75 Å². The maximum Gasteiger partial charge on any atom is 0.294 e. The molecular weight excluding hydrogens is 304 g/mol. The minimum absolute atomic E-state index is 0.0458. The van der Waals surface area contributed by atoms with E-state index in [1.165, 1.54) is 11.6 Å². The minimum Gasteiger partial charge on any atom is -0.497 e. The van der Waals surface area contributed by atoms with Crippen LogP contribution in [0.15, 0.2) is 36.4 Å². The van der Waals surface area contributed by atoms with Crippen molar-refractivity contribution in [3.63, 3.8) is 0 Å². The largest absolute Gasteiger partial charge is 0.497 e. The van der Waals surface area contributed by atoms with Crippen LogP contribution >= 0.6 is 11.6 Å². The van der Waals surface area contributed by atoms with E-state index >= 15 is 0 Å². The second-order valence-corrected chi connectivity index (χ2v) is 5.63. The zero-order valence-electron chi connectivity index (χ0n) is 12.1. The fraction of sp³-hybridized carbons (Fsp3) is 0.250. The Morgan fingerprint density at radius 1 is 1.23 bits per heavy atom. The molecule has 114 valence electrons. The lowest BCUT2D eigenvalue weighted by Crippen LogP contribution is -2.30. The van der Waals surface area contributed by atoms with Gasteiger partial charge in [0.1, 0.15) is 11.4 Å². The Bertz CT molecular complexity index is 733. The number of methoxy groups -OCH3 is 1. The molecule has 2 aromatic rings. The lowest BCUT2D eigenvalue weighted by atomic mass is 9.99. The van der Waals surface area contributed by atoms with Crippen LogP contribution in [0.4, 0.5) is 11.4 Å². The number of nitro groups is 1. The SMILES string of the molecule is COc1ccc2c(c1)CCN(c1ccc(Cl)cc1[N+](=O)[O-])C2. The molecule has 22 heavy (non-hydrogen) atoms. The van der Waals surface area contributed by atoms with E-state index in [0.717, 1.165) is 24.3 Å². The van der Waals surface area contributed by atoms with E-state index in [0.29, 0.717) is 17.3 Å². The number of hydrogen-bond donors (Lipinski definition) is 0. The number of benzene rings is 2. The Morgan fingerprint density at radius 3 is 2.77 bits per heavy atom. The van der Waals surface area contributed by atoms with Crippen molar-refractivity contribution in [2.24, 2.45) is 0 Å². The van der Waals surface area contributed by atoms with Gasteiger partial charge in [0.2, 0.25) is 0 Å². The normalized spacial score (nSPS) is 13.6. The molecule has 0 radical (unpaired) electrons. The van der Waals surface area contributed by atoms with Crippen LogP contribution in [-0.4, -0.2) is 18.6 Å². The van der Waals surface area contributed by atoms with Gasteiger partial charge >= 0.3 is 0 Å². The quantitative estimate of drug-likeness (QED) is 0.637. The first-order valence-electron chi connectivity index (χ1n) is 6.93. The highest BCUT2D eigenvalue weighted by Crippen LogP contribution is 2.34. The summed E-state index contributed by atoms with van der Waals surface area (Å²) in [5.41, 5.74) is 3.05. The Labute approximate surface area is 133 Å². The van der Waals surface area contributed by atoms with Gasteiger partial charge in [0.05, 0.1) is 12.0 Å². The molecule has 0 saturated heterocycles. The lowest BCUT2D eigenvalue weighted by Gasteiger charge is -2.30. The van der Waals surface area contributed by atoms with Crippen molar-refractivity contribution in [3.8, 4) is 5.75 Å². The summed E-state index contributed by atoms with van der Waals surface area (Å²) in [6, 6.07) is 10.8. The number of halogens is 1. The minimum atomic E-state index is -0.384. The fourth-order valence-corrected chi connectivity index (χ4v) is 2.94. The molecule has 0 bridgehead atoms.